The summed E-state index contributed by atoms with van der Waals surface area (Å²) in [7, 11) is 0. The predicted octanol–water partition coefficient (Wildman–Crippen LogP) is 4.69. The zero-order chi connectivity index (χ0) is 19.0. The van der Waals surface area contributed by atoms with Gasteiger partial charge in [0.1, 0.15) is 0 Å². The van der Waals surface area contributed by atoms with Gasteiger partial charge in [0.15, 0.2) is 0 Å². The number of aromatic nitrogens is 2. The summed E-state index contributed by atoms with van der Waals surface area (Å²) in [5, 5.41) is 16.4. The summed E-state index contributed by atoms with van der Waals surface area (Å²) in [4.78, 5) is 19.6. The van der Waals surface area contributed by atoms with Gasteiger partial charge in [0.2, 0.25) is 0 Å². The van der Waals surface area contributed by atoms with Gasteiger partial charge in [0.25, 0.3) is 11.6 Å². The van der Waals surface area contributed by atoms with Crippen molar-refractivity contribution in [3.63, 3.8) is 0 Å². The van der Waals surface area contributed by atoms with Crippen LogP contribution in [-0.4, -0.2) is 16.0 Å². The van der Waals surface area contributed by atoms with Gasteiger partial charge in [-0.25, -0.2) is 4.98 Å². The molecule has 0 saturated carbocycles. The van der Waals surface area contributed by atoms with Crippen LogP contribution in [0.1, 0.15) is 26.5 Å². The molecule has 132 valence electrons. The monoisotopic (exact) mass is 374 g/mol. The number of rotatable bonds is 3. The van der Waals surface area contributed by atoms with E-state index in [1.807, 2.05) is 19.1 Å². The number of nitrogens with one attached hydrogen (secondary N) is 1. The second-order valence-corrected chi connectivity index (χ2v) is 7.35. The molecule has 4 rings (SSSR count). The van der Waals surface area contributed by atoms with Crippen LogP contribution in [0.5, 0.6) is 0 Å². The Morgan fingerprint density at radius 1 is 1.22 bits per heavy atom. The van der Waals surface area contributed by atoms with Gasteiger partial charge in [-0.15, -0.1) is 11.3 Å². The van der Waals surface area contributed by atoms with E-state index in [1.165, 1.54) is 0 Å². The summed E-state index contributed by atoms with van der Waals surface area (Å²) >= 11 is 1.59. The first-order chi connectivity index (χ1) is 13.0. The molecule has 1 amide bonds. The van der Waals surface area contributed by atoms with Crippen molar-refractivity contribution in [3.8, 4) is 16.6 Å². The lowest BCUT2D eigenvalue weighted by molar-refractivity contribution is 0.102. The van der Waals surface area contributed by atoms with Crippen LogP contribution in [0.25, 0.3) is 21.7 Å². The lowest BCUT2D eigenvalue weighted by atomic mass is 10.1. The summed E-state index contributed by atoms with van der Waals surface area (Å²) < 4.78 is 5.32. The van der Waals surface area contributed by atoms with E-state index in [0.29, 0.717) is 39.3 Å². The number of pyridine rings is 1. The average Bonchev–Trinajstić information content (AvgIpc) is 3.27. The number of aryl methyl sites for hydroxylation is 2. The molecule has 0 unspecified atom stereocenters. The van der Waals surface area contributed by atoms with Crippen molar-refractivity contribution < 1.29 is 9.32 Å². The number of amides is 1. The minimum atomic E-state index is -0.307. The minimum Gasteiger partial charge on any atom is -0.335 e. The van der Waals surface area contributed by atoms with Crippen LogP contribution in [0.3, 0.4) is 0 Å². The summed E-state index contributed by atoms with van der Waals surface area (Å²) in [6.07, 6.45) is 0. The number of carbonyl (C=O) groups excluding carboxylic acids is 1. The van der Waals surface area contributed by atoms with Crippen molar-refractivity contribution in [2.45, 2.75) is 13.8 Å². The van der Waals surface area contributed by atoms with Crippen molar-refractivity contribution >= 4 is 34.0 Å². The molecule has 3 aromatic heterocycles. The van der Waals surface area contributed by atoms with Gasteiger partial charge in [-0.1, -0.05) is 11.2 Å². The molecular formula is C20H14N4O2S. The largest absolute Gasteiger partial charge is 0.335 e. The van der Waals surface area contributed by atoms with E-state index in [9.17, 15) is 4.79 Å². The Morgan fingerprint density at radius 2 is 2.07 bits per heavy atom. The topological polar surface area (TPSA) is 91.8 Å². The van der Waals surface area contributed by atoms with E-state index in [4.69, 9.17) is 9.78 Å². The third kappa shape index (κ3) is 3.18. The Kier molecular flexibility index (Phi) is 4.18. The van der Waals surface area contributed by atoms with Crippen LogP contribution in [0.2, 0.25) is 0 Å². The smallest absolute Gasteiger partial charge is 0.259 e. The number of carbonyl (C=O) groups is 1. The van der Waals surface area contributed by atoms with Crippen molar-refractivity contribution in [2.24, 2.45) is 0 Å². The summed E-state index contributed by atoms with van der Waals surface area (Å²) in [5.74, 6) is -0.307. The second-order valence-electron chi connectivity index (χ2n) is 6.06. The molecule has 0 spiro atoms. The third-order valence-corrected chi connectivity index (χ3v) is 5.13. The number of fused-ring (bicyclic) bond motifs is 1. The molecule has 0 fully saturated rings. The van der Waals surface area contributed by atoms with Crippen molar-refractivity contribution in [1.82, 2.24) is 10.1 Å². The fourth-order valence-electron chi connectivity index (χ4n) is 2.84. The maximum Gasteiger partial charge on any atom is 0.259 e. The molecule has 1 N–H and O–H groups in total. The lowest BCUT2D eigenvalue weighted by Gasteiger charge is -2.08. The highest BCUT2D eigenvalue weighted by molar-refractivity contribution is 7.15. The zero-order valence-electron chi connectivity index (χ0n) is 14.6. The van der Waals surface area contributed by atoms with Crippen molar-refractivity contribution in [3.05, 3.63) is 64.2 Å². The highest BCUT2D eigenvalue weighted by Crippen LogP contribution is 2.31. The van der Waals surface area contributed by atoms with Gasteiger partial charge in [-0.3, -0.25) is 4.79 Å². The fraction of sp³-hybridized carbons (Fsp3) is 0.100. The molecule has 0 radical (unpaired) electrons. The molecule has 0 bridgehead atoms. The van der Waals surface area contributed by atoms with E-state index in [-0.39, 0.29) is 5.91 Å². The highest BCUT2D eigenvalue weighted by Gasteiger charge is 2.20. The SMILES string of the molecule is Cc1ccc(-c2cc(C(=O)Nc3cccc(C#N)c3)c3c(C)noc3n2)s1. The molecule has 6 nitrogen and oxygen atoms in total. The summed E-state index contributed by atoms with van der Waals surface area (Å²) in [6.45, 7) is 3.79. The number of anilines is 1. The molecule has 4 aromatic rings. The van der Waals surface area contributed by atoms with Crippen LogP contribution in [0, 0.1) is 25.2 Å². The highest BCUT2D eigenvalue weighted by atomic mass is 32.1. The number of benzene rings is 1. The molecule has 27 heavy (non-hydrogen) atoms. The Balaban J connectivity index is 1.80. The third-order valence-electron chi connectivity index (χ3n) is 4.10. The zero-order valence-corrected chi connectivity index (χ0v) is 15.4. The van der Waals surface area contributed by atoms with E-state index >= 15 is 0 Å². The summed E-state index contributed by atoms with van der Waals surface area (Å²) in [5.41, 5.74) is 3.04. The van der Waals surface area contributed by atoms with Gasteiger partial charge in [0, 0.05) is 10.6 Å². The van der Waals surface area contributed by atoms with Crippen LogP contribution >= 0.6 is 11.3 Å². The Bertz CT molecular complexity index is 1220. The molecule has 0 aliphatic heterocycles. The summed E-state index contributed by atoms with van der Waals surface area (Å²) in [6, 6.07) is 14.6. The van der Waals surface area contributed by atoms with Gasteiger partial charge in [0.05, 0.1) is 38.8 Å². The van der Waals surface area contributed by atoms with Crippen molar-refractivity contribution in [1.29, 1.82) is 5.26 Å². The van der Waals surface area contributed by atoms with E-state index in [1.54, 1.807) is 48.6 Å². The van der Waals surface area contributed by atoms with Gasteiger partial charge in [-0.05, 0) is 50.2 Å². The van der Waals surface area contributed by atoms with E-state index < -0.39 is 0 Å². The van der Waals surface area contributed by atoms with Gasteiger partial charge in [-0.2, -0.15) is 5.26 Å². The first kappa shape index (κ1) is 16.9. The first-order valence-corrected chi connectivity index (χ1v) is 9.02. The van der Waals surface area contributed by atoms with E-state index in [0.717, 1.165) is 9.75 Å². The molecule has 0 aliphatic carbocycles. The Hall–Kier alpha value is -3.50. The van der Waals surface area contributed by atoms with Crippen LogP contribution in [0.4, 0.5) is 5.69 Å². The Morgan fingerprint density at radius 3 is 2.81 bits per heavy atom. The number of hydrogen-bond acceptors (Lipinski definition) is 6. The number of hydrogen-bond donors (Lipinski definition) is 1. The first-order valence-electron chi connectivity index (χ1n) is 8.20. The standard InChI is InChI=1S/C20H14N4O2S/c1-11-6-7-17(27-11)16-9-15(18-12(2)24-26-20(18)23-16)19(25)22-14-5-3-4-13(8-14)10-21/h3-9H,1-2H3,(H,22,25). The average molecular weight is 374 g/mol. The van der Waals surface area contributed by atoms with Gasteiger partial charge < -0.3 is 9.84 Å². The second kappa shape index (κ2) is 6.67. The number of nitriles is 1. The van der Waals surface area contributed by atoms with Crippen molar-refractivity contribution in [2.75, 3.05) is 5.32 Å². The minimum absolute atomic E-state index is 0.307. The van der Waals surface area contributed by atoms with Crippen LogP contribution < -0.4 is 5.32 Å². The Labute approximate surface area is 159 Å². The number of thiophene rings is 1. The van der Waals surface area contributed by atoms with E-state index in [2.05, 4.69) is 21.5 Å². The van der Waals surface area contributed by atoms with Crippen LogP contribution in [-0.2, 0) is 0 Å². The molecular weight excluding hydrogens is 360 g/mol. The fourth-order valence-corrected chi connectivity index (χ4v) is 3.67. The van der Waals surface area contributed by atoms with Crippen LogP contribution in [0.15, 0.2) is 47.0 Å². The van der Waals surface area contributed by atoms with Gasteiger partial charge >= 0.3 is 0 Å². The number of nitrogens with zero attached hydrogens (tertiary/aromatic N) is 3. The quantitative estimate of drug-likeness (QED) is 0.561. The predicted molar refractivity (Wildman–Crippen MR) is 104 cm³/mol. The molecule has 0 atom stereocenters. The maximum absolute atomic E-state index is 13.0. The molecule has 3 heterocycles. The molecule has 7 heteroatoms. The lowest BCUT2D eigenvalue weighted by Crippen LogP contribution is -2.13. The normalized spacial score (nSPS) is 10.7. The molecule has 0 saturated heterocycles. The molecule has 1 aromatic carbocycles. The maximum atomic E-state index is 13.0. The molecule has 0 aliphatic rings.